The lowest BCUT2D eigenvalue weighted by Gasteiger charge is -2.51. The second kappa shape index (κ2) is 9.27. The molecule has 0 aromatic carbocycles. The number of allylic oxidation sites excluding steroid dienone is 5. The standard InChI is InChI=1S/C26H36O5/c1-6-16(3)25-18(5)26(30)17(4)14-19-13-15(2)11-12-20(19)23(26)24(29)21(31-25)9-7-8-10-22(27)28/h7-11,14,16,19-21,23-25,29-30H,5-6,12-13H2,1-4H3,(H,27,28)/b9-7+,10-8+/t16-,19+,20-,21-,23+,24-,25-,26+/m1/s1. The molecule has 1 saturated heterocycles. The first-order valence-electron chi connectivity index (χ1n) is 11.3. The van der Waals surface area contributed by atoms with Gasteiger partial charge in [-0.1, -0.05) is 62.8 Å². The van der Waals surface area contributed by atoms with Gasteiger partial charge in [0.05, 0.1) is 12.2 Å². The predicted molar refractivity (Wildman–Crippen MR) is 121 cm³/mol. The van der Waals surface area contributed by atoms with Crippen LogP contribution in [0.15, 0.2) is 59.8 Å². The lowest BCUT2D eigenvalue weighted by Crippen LogP contribution is -2.56. The monoisotopic (exact) mass is 428 g/mol. The number of hydrogen-bond donors (Lipinski definition) is 3. The van der Waals surface area contributed by atoms with Crippen molar-refractivity contribution in [3.05, 3.63) is 59.8 Å². The molecule has 3 N–H and O–H groups in total. The van der Waals surface area contributed by atoms with Crippen molar-refractivity contribution in [2.45, 2.75) is 70.9 Å². The van der Waals surface area contributed by atoms with Gasteiger partial charge in [-0.05, 0) is 55.6 Å². The SMILES string of the molecule is C=C1[C@@H]([C@H](C)CC)O[C@H](/C=C/C=C/C(=O)O)[C@@H](O)[C@@H]2[C@@H]3CC=C(C)C[C@H]3C=C(C)[C@]12O. The highest BCUT2D eigenvalue weighted by atomic mass is 16.5. The van der Waals surface area contributed by atoms with E-state index in [-0.39, 0.29) is 17.8 Å². The zero-order valence-corrected chi connectivity index (χ0v) is 19.0. The van der Waals surface area contributed by atoms with Gasteiger partial charge in [0.1, 0.15) is 11.7 Å². The second-order valence-electron chi connectivity index (χ2n) is 9.46. The van der Waals surface area contributed by atoms with Crippen molar-refractivity contribution in [3.63, 3.8) is 0 Å². The highest BCUT2D eigenvalue weighted by Gasteiger charge is 2.58. The normalized spacial score (nSPS) is 39.5. The summed E-state index contributed by atoms with van der Waals surface area (Å²) in [4.78, 5) is 10.8. The molecule has 0 aromatic heterocycles. The lowest BCUT2D eigenvalue weighted by atomic mass is 9.56. The molecule has 1 heterocycles. The molecule has 2 aliphatic carbocycles. The second-order valence-corrected chi connectivity index (χ2v) is 9.46. The van der Waals surface area contributed by atoms with Gasteiger partial charge in [-0.3, -0.25) is 0 Å². The summed E-state index contributed by atoms with van der Waals surface area (Å²) in [6, 6.07) is 0. The Kier molecular flexibility index (Phi) is 7.09. The fraction of sp³-hybridized carbons (Fsp3) is 0.577. The maximum Gasteiger partial charge on any atom is 0.328 e. The average molecular weight is 429 g/mol. The molecule has 0 amide bonds. The highest BCUT2D eigenvalue weighted by Crippen LogP contribution is 2.54. The molecule has 170 valence electrons. The summed E-state index contributed by atoms with van der Waals surface area (Å²) < 4.78 is 6.38. The molecule has 31 heavy (non-hydrogen) atoms. The van der Waals surface area contributed by atoms with Gasteiger partial charge >= 0.3 is 5.97 Å². The van der Waals surface area contributed by atoms with Crippen molar-refractivity contribution in [2.24, 2.45) is 23.7 Å². The van der Waals surface area contributed by atoms with Crippen LogP contribution in [0.3, 0.4) is 0 Å². The van der Waals surface area contributed by atoms with E-state index in [0.29, 0.717) is 5.57 Å². The first-order valence-corrected chi connectivity index (χ1v) is 11.3. The van der Waals surface area contributed by atoms with Gasteiger partial charge in [0.2, 0.25) is 0 Å². The fourth-order valence-electron chi connectivity index (χ4n) is 5.62. The molecular weight excluding hydrogens is 392 g/mol. The number of aliphatic hydroxyl groups excluding tert-OH is 1. The van der Waals surface area contributed by atoms with Crippen LogP contribution < -0.4 is 0 Å². The van der Waals surface area contributed by atoms with Gasteiger partial charge < -0.3 is 20.1 Å². The predicted octanol–water partition coefficient (Wildman–Crippen LogP) is 4.19. The molecule has 0 spiro atoms. The summed E-state index contributed by atoms with van der Waals surface area (Å²) >= 11 is 0. The number of rotatable bonds is 5. The van der Waals surface area contributed by atoms with Crippen molar-refractivity contribution in [3.8, 4) is 0 Å². The third kappa shape index (κ3) is 4.36. The number of ether oxygens (including phenoxy) is 1. The van der Waals surface area contributed by atoms with Crippen LogP contribution >= 0.6 is 0 Å². The van der Waals surface area contributed by atoms with Gasteiger partial charge in [0.15, 0.2) is 0 Å². The summed E-state index contributed by atoms with van der Waals surface area (Å²) in [5, 5.41) is 32.5. The number of aliphatic carboxylic acids is 1. The Hall–Kier alpha value is -1.95. The van der Waals surface area contributed by atoms with E-state index < -0.39 is 35.8 Å². The summed E-state index contributed by atoms with van der Waals surface area (Å²) in [6.45, 7) is 12.5. The first-order chi connectivity index (χ1) is 14.6. The van der Waals surface area contributed by atoms with Crippen LogP contribution in [0.1, 0.15) is 47.0 Å². The Morgan fingerprint density at radius 1 is 1.39 bits per heavy atom. The minimum atomic E-state index is -1.34. The van der Waals surface area contributed by atoms with Crippen LogP contribution in [0.5, 0.6) is 0 Å². The van der Waals surface area contributed by atoms with Gasteiger partial charge in [-0.2, -0.15) is 0 Å². The van der Waals surface area contributed by atoms with Gasteiger partial charge in [0, 0.05) is 12.0 Å². The lowest BCUT2D eigenvalue weighted by molar-refractivity contribution is -0.131. The topological polar surface area (TPSA) is 87.0 Å². The number of aliphatic hydroxyl groups is 2. The molecule has 0 unspecified atom stereocenters. The molecule has 0 radical (unpaired) electrons. The van der Waals surface area contributed by atoms with E-state index in [9.17, 15) is 15.0 Å². The van der Waals surface area contributed by atoms with Crippen molar-refractivity contribution in [1.29, 1.82) is 0 Å². The molecule has 3 rings (SSSR count). The number of hydrogen-bond acceptors (Lipinski definition) is 4. The number of carboxylic acid groups (broad SMARTS) is 1. The molecule has 8 atom stereocenters. The number of fused-ring (bicyclic) bond motifs is 3. The quantitative estimate of drug-likeness (QED) is 0.347. The molecule has 1 aliphatic heterocycles. The van der Waals surface area contributed by atoms with Crippen LogP contribution in [0.25, 0.3) is 0 Å². The van der Waals surface area contributed by atoms with Gasteiger partial charge in [-0.15, -0.1) is 0 Å². The van der Waals surface area contributed by atoms with Crippen LogP contribution in [0, 0.1) is 23.7 Å². The zero-order valence-electron chi connectivity index (χ0n) is 19.0. The highest BCUT2D eigenvalue weighted by molar-refractivity contribution is 5.80. The Bertz CT molecular complexity index is 835. The summed E-state index contributed by atoms with van der Waals surface area (Å²) in [7, 11) is 0. The van der Waals surface area contributed by atoms with Gasteiger partial charge in [-0.25, -0.2) is 4.79 Å². The molecular formula is C26H36O5. The zero-order chi connectivity index (χ0) is 22.9. The molecule has 3 aliphatic rings. The third-order valence-corrected chi connectivity index (χ3v) is 7.51. The molecule has 1 fully saturated rings. The van der Waals surface area contributed by atoms with E-state index in [0.717, 1.165) is 30.9 Å². The van der Waals surface area contributed by atoms with Crippen molar-refractivity contribution >= 4 is 5.97 Å². The maximum atomic E-state index is 12.1. The first kappa shape index (κ1) is 23.7. The maximum absolute atomic E-state index is 12.1. The van der Waals surface area contributed by atoms with Crippen molar-refractivity contribution in [2.75, 3.05) is 0 Å². The molecule has 5 heteroatoms. The van der Waals surface area contributed by atoms with Gasteiger partial charge in [0.25, 0.3) is 0 Å². The molecule has 5 nitrogen and oxygen atoms in total. The fourth-order valence-corrected chi connectivity index (χ4v) is 5.62. The Morgan fingerprint density at radius 2 is 2.10 bits per heavy atom. The van der Waals surface area contributed by atoms with Crippen molar-refractivity contribution in [1.82, 2.24) is 0 Å². The van der Waals surface area contributed by atoms with E-state index in [1.54, 1.807) is 12.2 Å². The van der Waals surface area contributed by atoms with Crippen LogP contribution in [-0.2, 0) is 9.53 Å². The average Bonchev–Trinajstić information content (AvgIpc) is 2.80. The number of carbonyl (C=O) groups is 1. The van der Waals surface area contributed by atoms with E-state index in [1.165, 1.54) is 11.6 Å². The van der Waals surface area contributed by atoms with Crippen molar-refractivity contribution < 1.29 is 24.9 Å². The van der Waals surface area contributed by atoms with E-state index in [1.807, 2.05) is 6.92 Å². The van der Waals surface area contributed by atoms with Crippen LogP contribution in [0.4, 0.5) is 0 Å². The smallest absolute Gasteiger partial charge is 0.328 e. The van der Waals surface area contributed by atoms with Crippen LogP contribution in [0.2, 0.25) is 0 Å². The minimum Gasteiger partial charge on any atom is -0.478 e. The van der Waals surface area contributed by atoms with E-state index >= 15 is 0 Å². The van der Waals surface area contributed by atoms with E-state index in [2.05, 4.69) is 39.5 Å². The van der Waals surface area contributed by atoms with E-state index in [4.69, 9.17) is 9.84 Å². The summed E-state index contributed by atoms with van der Waals surface area (Å²) in [5.41, 5.74) is 1.44. The molecule has 0 bridgehead atoms. The summed E-state index contributed by atoms with van der Waals surface area (Å²) in [5.74, 6) is -1.05. The third-order valence-electron chi connectivity index (χ3n) is 7.51. The minimum absolute atomic E-state index is 0.0777. The molecule has 0 saturated carbocycles. The molecule has 0 aromatic rings. The Balaban J connectivity index is 2.08. The largest absolute Gasteiger partial charge is 0.478 e. The summed E-state index contributed by atoms with van der Waals surface area (Å²) in [6.07, 6.45) is 10.6. The Labute approximate surface area is 185 Å². The Morgan fingerprint density at radius 3 is 2.74 bits per heavy atom. The number of carboxylic acids is 1. The van der Waals surface area contributed by atoms with Crippen LogP contribution in [-0.4, -0.2) is 45.2 Å².